The fourth-order valence-corrected chi connectivity index (χ4v) is 1.20. The van der Waals surface area contributed by atoms with Gasteiger partial charge in [0.15, 0.2) is 0 Å². The monoisotopic (exact) mass is 205 g/mol. The lowest BCUT2D eigenvalue weighted by atomic mass is 10.2. The number of carbonyl (C=O) groups excluding carboxylic acids is 1. The summed E-state index contributed by atoms with van der Waals surface area (Å²) in [7, 11) is 0. The van der Waals surface area contributed by atoms with Gasteiger partial charge in [-0.2, -0.15) is 0 Å². The Bertz CT molecular complexity index is 366. The Morgan fingerprint density at radius 1 is 1.40 bits per heavy atom. The van der Waals surface area contributed by atoms with Crippen LogP contribution in [0.15, 0.2) is 36.1 Å². The number of hydrogen-bond donors (Lipinski definition) is 1. The standard InChI is InChI=1S/C12H15NO2/c1-3-4-9(2)15-11-7-5-10(6-8-11)12(13)14/h4-8H,3H2,1-2H3,(H2,13,14). The van der Waals surface area contributed by atoms with E-state index in [-0.39, 0.29) is 0 Å². The molecule has 1 aromatic rings. The zero-order chi connectivity index (χ0) is 11.3. The molecule has 0 spiro atoms. The van der Waals surface area contributed by atoms with Gasteiger partial charge in [0.05, 0.1) is 5.76 Å². The Morgan fingerprint density at radius 3 is 2.47 bits per heavy atom. The van der Waals surface area contributed by atoms with E-state index in [9.17, 15) is 4.79 Å². The number of ether oxygens (including phenoxy) is 1. The quantitative estimate of drug-likeness (QED) is 0.768. The van der Waals surface area contributed by atoms with E-state index in [1.807, 2.05) is 19.9 Å². The highest BCUT2D eigenvalue weighted by atomic mass is 16.5. The average Bonchev–Trinajstić information content (AvgIpc) is 2.18. The molecule has 0 saturated carbocycles. The molecule has 0 unspecified atom stereocenters. The van der Waals surface area contributed by atoms with E-state index in [1.54, 1.807) is 24.3 Å². The maximum Gasteiger partial charge on any atom is 0.248 e. The Kier molecular flexibility index (Phi) is 3.92. The van der Waals surface area contributed by atoms with Crippen LogP contribution in [0.3, 0.4) is 0 Å². The first-order valence-corrected chi connectivity index (χ1v) is 4.88. The summed E-state index contributed by atoms with van der Waals surface area (Å²) in [5.41, 5.74) is 5.61. The van der Waals surface area contributed by atoms with Crippen molar-refractivity contribution in [3.8, 4) is 5.75 Å². The maximum atomic E-state index is 10.8. The number of hydrogen-bond acceptors (Lipinski definition) is 2. The second-order valence-electron chi connectivity index (χ2n) is 3.21. The summed E-state index contributed by atoms with van der Waals surface area (Å²) < 4.78 is 5.50. The zero-order valence-corrected chi connectivity index (χ0v) is 8.99. The van der Waals surface area contributed by atoms with E-state index < -0.39 is 5.91 Å². The van der Waals surface area contributed by atoms with Gasteiger partial charge < -0.3 is 10.5 Å². The summed E-state index contributed by atoms with van der Waals surface area (Å²) in [5, 5.41) is 0. The minimum absolute atomic E-state index is 0.428. The van der Waals surface area contributed by atoms with Crippen LogP contribution < -0.4 is 10.5 Å². The number of rotatable bonds is 4. The van der Waals surface area contributed by atoms with E-state index in [2.05, 4.69) is 0 Å². The van der Waals surface area contributed by atoms with Crippen LogP contribution in [0.4, 0.5) is 0 Å². The second kappa shape index (κ2) is 5.20. The van der Waals surface area contributed by atoms with Crippen LogP contribution in [0, 0.1) is 0 Å². The van der Waals surface area contributed by atoms with Crippen molar-refractivity contribution >= 4 is 5.91 Å². The molecule has 3 nitrogen and oxygen atoms in total. The highest BCUT2D eigenvalue weighted by Crippen LogP contribution is 2.14. The first kappa shape index (κ1) is 11.3. The van der Waals surface area contributed by atoms with Gasteiger partial charge in [0.1, 0.15) is 5.75 Å². The molecule has 0 fully saturated rings. The van der Waals surface area contributed by atoms with Gasteiger partial charge in [-0.25, -0.2) is 0 Å². The molecule has 0 atom stereocenters. The van der Waals surface area contributed by atoms with Crippen LogP contribution in [0.2, 0.25) is 0 Å². The van der Waals surface area contributed by atoms with Crippen molar-refractivity contribution in [2.75, 3.05) is 0 Å². The molecule has 0 heterocycles. The molecule has 0 aliphatic carbocycles. The summed E-state index contributed by atoms with van der Waals surface area (Å²) >= 11 is 0. The van der Waals surface area contributed by atoms with Gasteiger partial charge >= 0.3 is 0 Å². The van der Waals surface area contributed by atoms with Crippen molar-refractivity contribution in [2.24, 2.45) is 5.73 Å². The van der Waals surface area contributed by atoms with Crippen molar-refractivity contribution in [3.05, 3.63) is 41.7 Å². The molecule has 1 rings (SSSR count). The number of primary amides is 1. The van der Waals surface area contributed by atoms with Crippen LogP contribution in [0.25, 0.3) is 0 Å². The van der Waals surface area contributed by atoms with Crippen LogP contribution in [-0.4, -0.2) is 5.91 Å². The number of amides is 1. The lowest BCUT2D eigenvalue weighted by Crippen LogP contribution is -2.10. The van der Waals surface area contributed by atoms with E-state index in [4.69, 9.17) is 10.5 Å². The predicted molar refractivity (Wildman–Crippen MR) is 59.6 cm³/mol. The zero-order valence-electron chi connectivity index (χ0n) is 8.99. The van der Waals surface area contributed by atoms with Gasteiger partial charge in [0.2, 0.25) is 5.91 Å². The lowest BCUT2D eigenvalue weighted by Gasteiger charge is -2.05. The smallest absolute Gasteiger partial charge is 0.248 e. The molecule has 2 N–H and O–H groups in total. The number of carbonyl (C=O) groups is 1. The lowest BCUT2D eigenvalue weighted by molar-refractivity contribution is 0.100. The van der Waals surface area contributed by atoms with Crippen LogP contribution in [0.1, 0.15) is 30.6 Å². The van der Waals surface area contributed by atoms with E-state index in [0.29, 0.717) is 11.3 Å². The third-order valence-electron chi connectivity index (χ3n) is 1.91. The van der Waals surface area contributed by atoms with Crippen LogP contribution >= 0.6 is 0 Å². The van der Waals surface area contributed by atoms with Crippen molar-refractivity contribution in [1.29, 1.82) is 0 Å². The number of nitrogens with two attached hydrogens (primary N) is 1. The highest BCUT2D eigenvalue weighted by Gasteiger charge is 2.00. The summed E-state index contributed by atoms with van der Waals surface area (Å²) in [6.07, 6.45) is 2.92. The van der Waals surface area contributed by atoms with Gasteiger partial charge in [0.25, 0.3) is 0 Å². The molecule has 0 aliphatic rings. The van der Waals surface area contributed by atoms with Crippen molar-refractivity contribution in [3.63, 3.8) is 0 Å². The molecule has 80 valence electrons. The van der Waals surface area contributed by atoms with Gasteiger partial charge in [0, 0.05) is 5.56 Å². The fraction of sp³-hybridized carbons (Fsp3) is 0.250. The highest BCUT2D eigenvalue weighted by molar-refractivity contribution is 5.92. The maximum absolute atomic E-state index is 10.8. The molecule has 1 aromatic carbocycles. The van der Waals surface area contributed by atoms with Crippen molar-refractivity contribution in [1.82, 2.24) is 0 Å². The third-order valence-corrected chi connectivity index (χ3v) is 1.91. The molecular weight excluding hydrogens is 190 g/mol. The minimum Gasteiger partial charge on any atom is -0.462 e. The predicted octanol–water partition coefficient (Wildman–Crippen LogP) is 2.48. The van der Waals surface area contributed by atoms with Gasteiger partial charge in [-0.3, -0.25) is 4.79 Å². The van der Waals surface area contributed by atoms with Crippen LogP contribution in [-0.2, 0) is 0 Å². The molecule has 0 radical (unpaired) electrons. The van der Waals surface area contributed by atoms with Gasteiger partial charge in [-0.05, 0) is 43.7 Å². The SMILES string of the molecule is CCC=C(C)Oc1ccc(C(N)=O)cc1. The van der Waals surface area contributed by atoms with Gasteiger partial charge in [-0.1, -0.05) is 6.92 Å². The summed E-state index contributed by atoms with van der Waals surface area (Å²) in [6.45, 7) is 3.94. The summed E-state index contributed by atoms with van der Waals surface area (Å²) in [5.74, 6) is 1.13. The average molecular weight is 205 g/mol. The molecule has 15 heavy (non-hydrogen) atoms. The normalized spacial score (nSPS) is 11.2. The number of benzene rings is 1. The van der Waals surface area contributed by atoms with E-state index in [0.717, 1.165) is 12.2 Å². The molecule has 0 bridgehead atoms. The van der Waals surface area contributed by atoms with Crippen LogP contribution in [0.5, 0.6) is 5.75 Å². The Hall–Kier alpha value is -1.77. The van der Waals surface area contributed by atoms with Crippen molar-refractivity contribution < 1.29 is 9.53 Å². The largest absolute Gasteiger partial charge is 0.462 e. The summed E-state index contributed by atoms with van der Waals surface area (Å²) in [4.78, 5) is 10.8. The van der Waals surface area contributed by atoms with Gasteiger partial charge in [-0.15, -0.1) is 0 Å². The molecule has 3 heteroatoms. The Morgan fingerprint density at radius 2 is 2.00 bits per heavy atom. The van der Waals surface area contributed by atoms with E-state index >= 15 is 0 Å². The third kappa shape index (κ3) is 3.46. The molecule has 0 aliphatic heterocycles. The summed E-state index contributed by atoms with van der Waals surface area (Å²) in [6, 6.07) is 6.76. The second-order valence-corrected chi connectivity index (χ2v) is 3.21. The topological polar surface area (TPSA) is 52.3 Å². The van der Waals surface area contributed by atoms with Crippen molar-refractivity contribution in [2.45, 2.75) is 20.3 Å². The molecule has 1 amide bonds. The minimum atomic E-state index is -0.428. The number of allylic oxidation sites excluding steroid dienone is 2. The fourth-order valence-electron chi connectivity index (χ4n) is 1.20. The molecule has 0 aromatic heterocycles. The Balaban J connectivity index is 2.73. The molecule has 0 saturated heterocycles. The Labute approximate surface area is 89.5 Å². The molecular formula is C12H15NO2. The van der Waals surface area contributed by atoms with E-state index in [1.165, 1.54) is 0 Å². The first-order chi connectivity index (χ1) is 7.13. The first-order valence-electron chi connectivity index (χ1n) is 4.88.